The van der Waals surface area contributed by atoms with Crippen LogP contribution < -0.4 is 0 Å². The number of terminal acetylenes is 1. The van der Waals surface area contributed by atoms with E-state index in [-0.39, 0.29) is 18.1 Å². The average Bonchev–Trinajstić information content (AvgIpc) is 2.63. The Balaban J connectivity index is 1.90. The van der Waals surface area contributed by atoms with Crippen molar-refractivity contribution in [2.45, 2.75) is 44.2 Å². The quantitative estimate of drug-likeness (QED) is 0.671. The molecule has 134 valence electrons. The zero-order valence-electron chi connectivity index (χ0n) is 14.5. The minimum absolute atomic E-state index is 0.166. The normalized spacial score (nSPS) is 35.0. The average molecular weight is 344 g/mol. The van der Waals surface area contributed by atoms with Crippen LogP contribution in [0.2, 0.25) is 0 Å². The molecule has 3 rings (SSSR count). The van der Waals surface area contributed by atoms with E-state index in [1.165, 1.54) is 0 Å². The summed E-state index contributed by atoms with van der Waals surface area (Å²) in [5.74, 6) is 2.51. The van der Waals surface area contributed by atoms with Gasteiger partial charge in [0.15, 0.2) is 12.6 Å². The molecule has 0 spiro atoms. The number of hydrogen-bond acceptors (Lipinski definition) is 5. The van der Waals surface area contributed by atoms with Crippen LogP contribution in [0.4, 0.5) is 0 Å². The zero-order chi connectivity index (χ0) is 17.8. The van der Waals surface area contributed by atoms with Gasteiger partial charge >= 0.3 is 0 Å². The van der Waals surface area contributed by atoms with Crippen molar-refractivity contribution in [3.63, 3.8) is 0 Å². The van der Waals surface area contributed by atoms with E-state index < -0.39 is 18.7 Å². The van der Waals surface area contributed by atoms with Crippen LogP contribution in [0.1, 0.15) is 25.2 Å². The Morgan fingerprint density at radius 2 is 2.12 bits per heavy atom. The molecule has 2 fully saturated rings. The minimum atomic E-state index is -0.617. The molecule has 0 amide bonds. The van der Waals surface area contributed by atoms with Crippen molar-refractivity contribution in [3.8, 4) is 12.3 Å². The lowest BCUT2D eigenvalue weighted by Crippen LogP contribution is -2.53. The van der Waals surface area contributed by atoms with Gasteiger partial charge in [-0.1, -0.05) is 36.4 Å². The Kier molecular flexibility index (Phi) is 5.89. The Labute approximate surface area is 148 Å². The van der Waals surface area contributed by atoms with Gasteiger partial charge in [-0.25, -0.2) is 0 Å². The maximum atomic E-state index is 9.93. The summed E-state index contributed by atoms with van der Waals surface area (Å²) >= 11 is 0. The summed E-state index contributed by atoms with van der Waals surface area (Å²) in [5.41, 5.74) is 1.86. The van der Waals surface area contributed by atoms with Crippen LogP contribution >= 0.6 is 0 Å². The van der Waals surface area contributed by atoms with E-state index in [2.05, 4.69) is 5.92 Å². The van der Waals surface area contributed by atoms with Crippen molar-refractivity contribution in [2.24, 2.45) is 5.92 Å². The molecule has 25 heavy (non-hydrogen) atoms. The summed E-state index contributed by atoms with van der Waals surface area (Å²) in [4.78, 5) is 0. The Hall–Kier alpha value is -1.68. The topological polar surface area (TPSA) is 57.2 Å². The molecule has 6 atom stereocenters. The molecule has 1 aromatic carbocycles. The maximum absolute atomic E-state index is 9.93. The fourth-order valence-corrected chi connectivity index (χ4v) is 3.41. The summed E-state index contributed by atoms with van der Waals surface area (Å²) in [6, 6.07) is 9.76. The minimum Gasteiger partial charge on any atom is -0.389 e. The number of rotatable bonds is 4. The second-order valence-corrected chi connectivity index (χ2v) is 6.33. The monoisotopic (exact) mass is 344 g/mol. The number of benzene rings is 1. The summed E-state index contributed by atoms with van der Waals surface area (Å²) < 4.78 is 23.5. The van der Waals surface area contributed by atoms with Gasteiger partial charge in [0.05, 0.1) is 12.7 Å². The summed E-state index contributed by atoms with van der Waals surface area (Å²) in [6.07, 6.45) is 5.56. The first-order valence-electron chi connectivity index (χ1n) is 8.47. The van der Waals surface area contributed by atoms with E-state index in [9.17, 15) is 5.11 Å². The molecule has 1 N–H and O–H groups in total. The molecule has 5 heteroatoms. The van der Waals surface area contributed by atoms with Gasteiger partial charge in [-0.2, -0.15) is 0 Å². The molecule has 1 aromatic rings. The number of methoxy groups -OCH3 is 1. The van der Waals surface area contributed by atoms with E-state index >= 15 is 0 Å². The Bertz CT molecular complexity index is 633. The van der Waals surface area contributed by atoms with Gasteiger partial charge in [0.1, 0.15) is 12.2 Å². The number of hydrogen-bond donors (Lipinski definition) is 1. The first-order valence-corrected chi connectivity index (χ1v) is 8.47. The maximum Gasteiger partial charge on any atom is 0.184 e. The highest BCUT2D eigenvalue weighted by Crippen LogP contribution is 2.40. The van der Waals surface area contributed by atoms with Crippen LogP contribution in [0, 0.1) is 18.3 Å². The van der Waals surface area contributed by atoms with Gasteiger partial charge in [-0.15, -0.1) is 12.3 Å². The Morgan fingerprint density at radius 3 is 2.76 bits per heavy atom. The van der Waals surface area contributed by atoms with Crippen molar-refractivity contribution < 1.29 is 24.1 Å². The molecule has 2 heterocycles. The molecular formula is C20H24O5. The standard InChI is InChI=1S/C20H24O5/c1-4-8-15-16(11-13(2)21)18-17(24-20(15)22-3)12-23-19(25-18)14-9-6-5-7-10-14/h1,5-7,9-11,13,15,17-21H,8,12H2,2-3H3/b16-11+/t13?,15-,17-,18+,19?,20+/m1/s1. The number of aliphatic hydroxyl groups is 1. The van der Waals surface area contributed by atoms with Gasteiger partial charge in [-0.3, -0.25) is 0 Å². The predicted molar refractivity (Wildman–Crippen MR) is 92.4 cm³/mol. The van der Waals surface area contributed by atoms with Gasteiger partial charge < -0.3 is 24.1 Å². The highest BCUT2D eigenvalue weighted by Gasteiger charge is 2.46. The lowest BCUT2D eigenvalue weighted by atomic mass is 9.84. The van der Waals surface area contributed by atoms with Crippen molar-refractivity contribution in [1.29, 1.82) is 0 Å². The molecule has 2 unspecified atom stereocenters. The summed E-state index contributed by atoms with van der Waals surface area (Å²) in [7, 11) is 1.59. The van der Waals surface area contributed by atoms with Crippen molar-refractivity contribution in [3.05, 3.63) is 47.5 Å². The van der Waals surface area contributed by atoms with Crippen LogP contribution in [0.5, 0.6) is 0 Å². The zero-order valence-corrected chi connectivity index (χ0v) is 14.5. The molecule has 0 aromatic heterocycles. The van der Waals surface area contributed by atoms with E-state index in [1.54, 1.807) is 20.1 Å². The molecule has 0 radical (unpaired) electrons. The van der Waals surface area contributed by atoms with E-state index in [0.717, 1.165) is 11.1 Å². The van der Waals surface area contributed by atoms with E-state index in [0.29, 0.717) is 13.0 Å². The van der Waals surface area contributed by atoms with Gasteiger partial charge in [0.25, 0.3) is 0 Å². The third-order valence-electron chi connectivity index (χ3n) is 4.49. The van der Waals surface area contributed by atoms with Crippen molar-refractivity contribution >= 4 is 0 Å². The molecule has 0 bridgehead atoms. The third kappa shape index (κ3) is 3.95. The Morgan fingerprint density at radius 1 is 1.36 bits per heavy atom. The molecule has 0 saturated carbocycles. The third-order valence-corrected chi connectivity index (χ3v) is 4.49. The SMILES string of the molecule is C#CC[C@@H]1/C(=C\C(C)O)[C@@H]2OC(c3ccccc3)OC[C@H]2O[C@@H]1OC. The van der Waals surface area contributed by atoms with Gasteiger partial charge in [0.2, 0.25) is 0 Å². The molecular weight excluding hydrogens is 320 g/mol. The highest BCUT2D eigenvalue weighted by atomic mass is 16.7. The van der Waals surface area contributed by atoms with Crippen molar-refractivity contribution in [1.82, 2.24) is 0 Å². The first-order chi connectivity index (χ1) is 12.1. The van der Waals surface area contributed by atoms with Crippen molar-refractivity contribution in [2.75, 3.05) is 13.7 Å². The lowest BCUT2D eigenvalue weighted by molar-refractivity contribution is -0.308. The summed E-state index contributed by atoms with van der Waals surface area (Å²) in [6.45, 7) is 2.09. The molecule has 2 aliphatic heterocycles. The fraction of sp³-hybridized carbons (Fsp3) is 0.500. The molecule has 2 saturated heterocycles. The second kappa shape index (κ2) is 8.13. The first kappa shape index (κ1) is 18.1. The summed E-state index contributed by atoms with van der Waals surface area (Å²) in [5, 5.41) is 9.93. The smallest absolute Gasteiger partial charge is 0.184 e. The van der Waals surface area contributed by atoms with E-state index in [1.807, 2.05) is 30.3 Å². The fourth-order valence-electron chi connectivity index (χ4n) is 3.41. The highest BCUT2D eigenvalue weighted by molar-refractivity contribution is 5.24. The van der Waals surface area contributed by atoms with Crippen LogP contribution in [-0.2, 0) is 18.9 Å². The number of aliphatic hydroxyl groups excluding tert-OH is 1. The van der Waals surface area contributed by atoms with Crippen LogP contribution in [0.15, 0.2) is 42.0 Å². The number of fused-ring (bicyclic) bond motifs is 1. The van der Waals surface area contributed by atoms with Crippen LogP contribution in [0.25, 0.3) is 0 Å². The second-order valence-electron chi connectivity index (χ2n) is 6.33. The van der Waals surface area contributed by atoms with Crippen LogP contribution in [0.3, 0.4) is 0 Å². The molecule has 2 aliphatic rings. The van der Waals surface area contributed by atoms with Crippen LogP contribution in [-0.4, -0.2) is 43.4 Å². The van der Waals surface area contributed by atoms with Gasteiger partial charge in [-0.05, 0) is 12.5 Å². The predicted octanol–water partition coefficient (Wildman–Crippen LogP) is 2.42. The number of ether oxygens (including phenoxy) is 4. The van der Waals surface area contributed by atoms with Gasteiger partial charge in [0, 0.05) is 25.0 Å². The molecule has 5 nitrogen and oxygen atoms in total. The molecule has 0 aliphatic carbocycles. The lowest BCUT2D eigenvalue weighted by Gasteiger charge is -2.46. The largest absolute Gasteiger partial charge is 0.389 e. The van der Waals surface area contributed by atoms with E-state index in [4.69, 9.17) is 25.4 Å².